The fourth-order valence-corrected chi connectivity index (χ4v) is 3.54. The normalized spacial score (nSPS) is 12.7. The number of esters is 1. The van der Waals surface area contributed by atoms with Gasteiger partial charge in [-0.1, -0.05) is 84.0 Å². The molecule has 2 aromatic carbocycles. The second-order valence-corrected chi connectivity index (χ2v) is 8.37. The van der Waals surface area contributed by atoms with Crippen LogP contribution in [0.25, 0.3) is 0 Å². The molecule has 0 saturated heterocycles. The largest absolute Gasteiger partial charge is 0.458 e. The summed E-state index contributed by atoms with van der Waals surface area (Å²) in [6, 6.07) is 14.4. The predicted octanol–water partition coefficient (Wildman–Crippen LogP) is 6.90. The van der Waals surface area contributed by atoms with Crippen LogP contribution in [0, 0.1) is 0 Å². The Balaban J connectivity index is 2.35. The summed E-state index contributed by atoms with van der Waals surface area (Å²) in [5.74, 6) is 1.06. The monoisotopic (exact) mass is 366 g/mol. The lowest BCUT2D eigenvalue weighted by Crippen LogP contribution is -2.16. The molecule has 27 heavy (non-hydrogen) atoms. The van der Waals surface area contributed by atoms with Gasteiger partial charge in [0.15, 0.2) is 0 Å². The number of hydrogen-bond donors (Lipinski definition) is 0. The maximum atomic E-state index is 12.5. The molecule has 2 nitrogen and oxygen atoms in total. The van der Waals surface area contributed by atoms with Crippen LogP contribution in [0.4, 0.5) is 0 Å². The van der Waals surface area contributed by atoms with E-state index in [2.05, 4.69) is 53.7 Å². The average molecular weight is 367 g/mol. The molecule has 0 unspecified atom stereocenters. The molecule has 2 rings (SSSR count). The first-order chi connectivity index (χ1) is 12.7. The zero-order valence-corrected chi connectivity index (χ0v) is 17.9. The van der Waals surface area contributed by atoms with E-state index in [0.717, 1.165) is 5.56 Å². The Morgan fingerprint density at radius 3 is 1.78 bits per heavy atom. The fourth-order valence-electron chi connectivity index (χ4n) is 3.54. The molecule has 0 bridgehead atoms. The lowest BCUT2D eigenvalue weighted by molar-refractivity contribution is -0.147. The van der Waals surface area contributed by atoms with Gasteiger partial charge in [-0.15, -0.1) is 0 Å². The van der Waals surface area contributed by atoms with Crippen molar-refractivity contribution in [1.29, 1.82) is 0 Å². The summed E-state index contributed by atoms with van der Waals surface area (Å²) in [6.07, 6.45) is 0.0562. The van der Waals surface area contributed by atoms with E-state index in [0.29, 0.717) is 24.2 Å². The lowest BCUT2D eigenvalue weighted by Gasteiger charge is -2.26. The van der Waals surface area contributed by atoms with E-state index in [1.54, 1.807) is 0 Å². The molecule has 0 spiro atoms. The number of benzene rings is 2. The SMILES string of the molecule is CC(C)c1cc(C(C)C)c([C@H](C)OC(=O)Cc2ccccc2)c(C(C)C)c1. The number of ether oxygens (including phenoxy) is 1. The Morgan fingerprint density at radius 2 is 1.33 bits per heavy atom. The first-order valence-corrected chi connectivity index (χ1v) is 10.1. The summed E-state index contributed by atoms with van der Waals surface area (Å²) in [7, 11) is 0. The second-order valence-electron chi connectivity index (χ2n) is 8.37. The molecular formula is C25H34O2. The summed E-state index contributed by atoms with van der Waals surface area (Å²) in [6.45, 7) is 15.3. The van der Waals surface area contributed by atoms with E-state index in [9.17, 15) is 4.79 Å². The van der Waals surface area contributed by atoms with Crippen molar-refractivity contribution in [1.82, 2.24) is 0 Å². The standard InChI is InChI=1S/C25H34O2/c1-16(2)21-14-22(17(3)4)25(23(15-21)18(5)6)19(7)27-24(26)13-20-11-9-8-10-12-20/h8-12,14-19H,13H2,1-7H3/t19-/m0/s1. The van der Waals surface area contributed by atoms with Crippen molar-refractivity contribution in [3.63, 3.8) is 0 Å². The molecule has 0 fully saturated rings. The van der Waals surface area contributed by atoms with E-state index in [4.69, 9.17) is 4.74 Å². The minimum Gasteiger partial charge on any atom is -0.458 e. The summed E-state index contributed by atoms with van der Waals surface area (Å²) in [5.41, 5.74) is 6.12. The first kappa shape index (κ1) is 21.2. The molecule has 0 aliphatic carbocycles. The summed E-state index contributed by atoms with van der Waals surface area (Å²) in [4.78, 5) is 12.5. The second kappa shape index (κ2) is 9.21. The van der Waals surface area contributed by atoms with E-state index in [-0.39, 0.29) is 12.1 Å². The van der Waals surface area contributed by atoms with E-state index >= 15 is 0 Å². The molecule has 0 amide bonds. The van der Waals surface area contributed by atoms with Crippen LogP contribution < -0.4 is 0 Å². The van der Waals surface area contributed by atoms with Crippen LogP contribution in [0.2, 0.25) is 0 Å². The van der Waals surface area contributed by atoms with Gasteiger partial charge in [0, 0.05) is 0 Å². The van der Waals surface area contributed by atoms with Gasteiger partial charge in [0.05, 0.1) is 6.42 Å². The van der Waals surface area contributed by atoms with E-state index in [1.165, 1.54) is 22.3 Å². The van der Waals surface area contributed by atoms with Gasteiger partial charge in [-0.3, -0.25) is 4.79 Å². The van der Waals surface area contributed by atoms with Crippen LogP contribution in [0.1, 0.15) is 100 Å². The van der Waals surface area contributed by atoms with Gasteiger partial charge >= 0.3 is 5.97 Å². The van der Waals surface area contributed by atoms with Gasteiger partial charge in [-0.25, -0.2) is 0 Å². The molecular weight excluding hydrogens is 332 g/mol. The maximum absolute atomic E-state index is 12.5. The number of rotatable bonds is 7. The minimum absolute atomic E-state index is 0.175. The Bertz CT molecular complexity index is 728. The third-order valence-corrected chi connectivity index (χ3v) is 5.08. The number of hydrogen-bond acceptors (Lipinski definition) is 2. The quantitative estimate of drug-likeness (QED) is 0.498. The average Bonchev–Trinajstić information content (AvgIpc) is 2.60. The van der Waals surface area contributed by atoms with Gasteiger partial charge in [-0.05, 0) is 52.5 Å². The number of carbonyl (C=O) groups is 1. The molecule has 0 aromatic heterocycles. The Labute approximate surface area is 165 Å². The smallest absolute Gasteiger partial charge is 0.310 e. The van der Waals surface area contributed by atoms with E-state index < -0.39 is 0 Å². The van der Waals surface area contributed by atoms with Crippen LogP contribution in [0.5, 0.6) is 0 Å². The summed E-state index contributed by atoms with van der Waals surface area (Å²) < 4.78 is 5.88. The van der Waals surface area contributed by atoms with E-state index in [1.807, 2.05) is 37.3 Å². The van der Waals surface area contributed by atoms with Crippen LogP contribution in [-0.4, -0.2) is 5.97 Å². The zero-order valence-electron chi connectivity index (χ0n) is 17.9. The highest BCUT2D eigenvalue weighted by atomic mass is 16.5. The first-order valence-electron chi connectivity index (χ1n) is 10.1. The van der Waals surface area contributed by atoms with Gasteiger partial charge in [0.2, 0.25) is 0 Å². The van der Waals surface area contributed by atoms with Crippen molar-refractivity contribution in [2.45, 2.75) is 78.7 Å². The molecule has 0 heterocycles. The van der Waals surface area contributed by atoms with Crippen molar-refractivity contribution in [2.75, 3.05) is 0 Å². The van der Waals surface area contributed by atoms with Crippen molar-refractivity contribution < 1.29 is 9.53 Å². The zero-order chi connectivity index (χ0) is 20.1. The van der Waals surface area contributed by atoms with Crippen molar-refractivity contribution >= 4 is 5.97 Å². The third kappa shape index (κ3) is 5.45. The van der Waals surface area contributed by atoms with Gasteiger partial charge in [0.25, 0.3) is 0 Å². The van der Waals surface area contributed by atoms with Crippen molar-refractivity contribution in [3.05, 3.63) is 70.3 Å². The van der Waals surface area contributed by atoms with Crippen LogP contribution >= 0.6 is 0 Å². The molecule has 146 valence electrons. The van der Waals surface area contributed by atoms with Crippen molar-refractivity contribution in [3.8, 4) is 0 Å². The van der Waals surface area contributed by atoms with Crippen LogP contribution in [-0.2, 0) is 16.0 Å². The highest BCUT2D eigenvalue weighted by Gasteiger charge is 2.23. The Hall–Kier alpha value is -2.09. The number of carbonyl (C=O) groups excluding carboxylic acids is 1. The van der Waals surface area contributed by atoms with Crippen LogP contribution in [0.15, 0.2) is 42.5 Å². The highest BCUT2D eigenvalue weighted by Crippen LogP contribution is 2.37. The predicted molar refractivity (Wildman–Crippen MR) is 113 cm³/mol. The lowest BCUT2D eigenvalue weighted by atomic mass is 9.82. The van der Waals surface area contributed by atoms with Gasteiger partial charge in [0.1, 0.15) is 6.10 Å². The fraction of sp³-hybridized carbons (Fsp3) is 0.480. The van der Waals surface area contributed by atoms with Gasteiger partial charge in [-0.2, -0.15) is 0 Å². The molecule has 0 aliphatic rings. The topological polar surface area (TPSA) is 26.3 Å². The molecule has 1 atom stereocenters. The van der Waals surface area contributed by atoms with Gasteiger partial charge < -0.3 is 4.74 Å². The molecule has 0 N–H and O–H groups in total. The Kier molecular flexibility index (Phi) is 7.24. The third-order valence-electron chi connectivity index (χ3n) is 5.08. The molecule has 2 heteroatoms. The minimum atomic E-state index is -0.253. The molecule has 2 aromatic rings. The highest BCUT2D eigenvalue weighted by molar-refractivity contribution is 5.73. The Morgan fingerprint density at radius 1 is 0.815 bits per heavy atom. The summed E-state index contributed by atoms with van der Waals surface area (Å²) >= 11 is 0. The summed E-state index contributed by atoms with van der Waals surface area (Å²) in [5, 5.41) is 0. The molecule has 0 saturated carbocycles. The maximum Gasteiger partial charge on any atom is 0.310 e. The van der Waals surface area contributed by atoms with Crippen LogP contribution in [0.3, 0.4) is 0 Å². The molecule has 0 radical (unpaired) electrons. The van der Waals surface area contributed by atoms with Crippen molar-refractivity contribution in [2.24, 2.45) is 0 Å². The molecule has 0 aliphatic heterocycles.